The monoisotopic (exact) mass is 405 g/mol. The predicted molar refractivity (Wildman–Crippen MR) is 108 cm³/mol. The lowest BCUT2D eigenvalue weighted by Gasteiger charge is -2.05. The van der Waals surface area contributed by atoms with Crippen LogP contribution in [0.3, 0.4) is 0 Å². The van der Waals surface area contributed by atoms with Crippen molar-refractivity contribution in [2.75, 3.05) is 5.32 Å². The minimum absolute atomic E-state index is 0.243. The Bertz CT molecular complexity index is 1410. The van der Waals surface area contributed by atoms with Crippen LogP contribution in [-0.4, -0.2) is 45.7 Å². The van der Waals surface area contributed by atoms with Gasteiger partial charge in [-0.1, -0.05) is 6.07 Å². The van der Waals surface area contributed by atoms with Crippen LogP contribution in [0.25, 0.3) is 11.7 Å². The zero-order valence-corrected chi connectivity index (χ0v) is 16.1. The number of aromatic hydroxyl groups is 1. The van der Waals surface area contributed by atoms with Gasteiger partial charge in [-0.2, -0.15) is 19.6 Å². The van der Waals surface area contributed by atoms with E-state index in [1.54, 1.807) is 16.8 Å². The highest BCUT2D eigenvalue weighted by atomic mass is 16.3. The van der Waals surface area contributed by atoms with Crippen molar-refractivity contribution in [1.29, 1.82) is 0 Å². The van der Waals surface area contributed by atoms with E-state index < -0.39 is 5.69 Å². The molecule has 4 N–H and O–H groups in total. The lowest BCUT2D eigenvalue weighted by Crippen LogP contribution is -2.24. The Balaban J connectivity index is 1.59. The Morgan fingerprint density at radius 3 is 2.90 bits per heavy atom. The van der Waals surface area contributed by atoms with E-state index in [2.05, 4.69) is 40.3 Å². The maximum Gasteiger partial charge on any atom is 0.326 e. The van der Waals surface area contributed by atoms with Gasteiger partial charge in [-0.15, -0.1) is 0 Å². The molecule has 0 aromatic carbocycles. The fourth-order valence-corrected chi connectivity index (χ4v) is 3.03. The van der Waals surface area contributed by atoms with Crippen molar-refractivity contribution >= 4 is 17.7 Å². The SMILES string of the molecule is Cc1cccc(CNc2nc(=NC3CC3)n3nc/c(=C/c4[nH]c(=O)[nH]c4O)c3n2)n1. The molecule has 0 unspecified atom stereocenters. The topological polar surface area (TPSA) is 149 Å². The van der Waals surface area contributed by atoms with Crippen molar-refractivity contribution in [3.8, 4) is 5.88 Å². The van der Waals surface area contributed by atoms with Crippen molar-refractivity contribution in [3.05, 3.63) is 62.8 Å². The normalized spacial score (nSPS) is 15.2. The van der Waals surface area contributed by atoms with E-state index >= 15 is 0 Å². The zero-order chi connectivity index (χ0) is 20.7. The summed E-state index contributed by atoms with van der Waals surface area (Å²) in [4.78, 5) is 34.4. The number of hydrogen-bond acceptors (Lipinski definition) is 8. The molecule has 1 fully saturated rings. The second kappa shape index (κ2) is 7.10. The minimum atomic E-state index is -0.498. The number of aryl methyl sites for hydroxylation is 1. The first-order valence-electron chi connectivity index (χ1n) is 9.54. The highest BCUT2D eigenvalue weighted by molar-refractivity contribution is 5.57. The first-order valence-corrected chi connectivity index (χ1v) is 9.54. The molecule has 0 bridgehead atoms. The lowest BCUT2D eigenvalue weighted by molar-refractivity contribution is 0.454. The Kier molecular flexibility index (Phi) is 4.27. The largest absolute Gasteiger partial charge is 0.493 e. The molecule has 30 heavy (non-hydrogen) atoms. The second-order valence-electron chi connectivity index (χ2n) is 7.15. The smallest absolute Gasteiger partial charge is 0.326 e. The maximum atomic E-state index is 11.4. The van der Waals surface area contributed by atoms with E-state index in [0.717, 1.165) is 24.2 Å². The number of anilines is 1. The number of rotatable bonds is 5. The summed E-state index contributed by atoms with van der Waals surface area (Å²) in [5, 5.41) is 18.0. The molecule has 0 spiro atoms. The molecule has 1 aliphatic rings. The van der Waals surface area contributed by atoms with Gasteiger partial charge in [0.1, 0.15) is 5.69 Å². The lowest BCUT2D eigenvalue weighted by atomic mass is 10.3. The molecular formula is C19H19N9O2. The van der Waals surface area contributed by atoms with Crippen molar-refractivity contribution in [2.24, 2.45) is 4.99 Å². The van der Waals surface area contributed by atoms with Crippen LogP contribution in [0.15, 0.2) is 34.2 Å². The molecule has 11 heteroatoms. The zero-order valence-electron chi connectivity index (χ0n) is 16.1. The van der Waals surface area contributed by atoms with E-state index in [4.69, 9.17) is 0 Å². The third-order valence-electron chi connectivity index (χ3n) is 4.63. The van der Waals surface area contributed by atoms with Crippen molar-refractivity contribution in [1.82, 2.24) is 34.5 Å². The summed E-state index contributed by atoms with van der Waals surface area (Å²) in [5.74, 6) is 0.146. The Morgan fingerprint density at radius 2 is 2.17 bits per heavy atom. The van der Waals surface area contributed by atoms with Gasteiger partial charge in [0, 0.05) is 10.9 Å². The molecule has 5 rings (SSSR count). The minimum Gasteiger partial charge on any atom is -0.493 e. The van der Waals surface area contributed by atoms with E-state index in [9.17, 15) is 9.90 Å². The average Bonchev–Trinajstić information content (AvgIpc) is 3.35. The third kappa shape index (κ3) is 3.64. The average molecular weight is 405 g/mol. The molecule has 0 amide bonds. The van der Waals surface area contributed by atoms with Gasteiger partial charge in [-0.25, -0.2) is 9.79 Å². The predicted octanol–water partition coefficient (Wildman–Crippen LogP) is -0.227. The molecular weight excluding hydrogens is 386 g/mol. The molecule has 152 valence electrons. The van der Waals surface area contributed by atoms with Gasteiger partial charge in [0.25, 0.3) is 5.62 Å². The highest BCUT2D eigenvalue weighted by Gasteiger charge is 2.21. The molecule has 11 nitrogen and oxygen atoms in total. The number of aromatic nitrogens is 7. The summed E-state index contributed by atoms with van der Waals surface area (Å²) in [6, 6.07) is 6.06. The molecule has 0 atom stereocenters. The van der Waals surface area contributed by atoms with Crippen molar-refractivity contribution in [2.45, 2.75) is 32.4 Å². The Hall–Kier alpha value is -4.02. The van der Waals surface area contributed by atoms with Gasteiger partial charge in [-0.05, 0) is 38.0 Å². The van der Waals surface area contributed by atoms with E-state index in [-0.39, 0.29) is 17.6 Å². The second-order valence-corrected chi connectivity index (χ2v) is 7.15. The molecule has 1 aliphatic carbocycles. The number of nitrogens with one attached hydrogen (secondary N) is 3. The number of pyridine rings is 1. The quantitative estimate of drug-likeness (QED) is 0.358. The standard InChI is InChI=1S/C19H19N9O2/c1-10-3-2-4-13(22-10)9-20-17-25-15-11(7-14-16(29)26-19(30)24-14)8-21-28(15)18(27-17)23-12-5-6-12/h2-4,7-8,12,29H,5-6,9H2,1H3,(H,20,23,27)(H2,24,26,30)/b11-7-. The first kappa shape index (κ1) is 18.0. The van der Waals surface area contributed by atoms with Gasteiger partial charge in [0.15, 0.2) is 5.65 Å². The summed E-state index contributed by atoms with van der Waals surface area (Å²) in [5.41, 5.74) is 2.51. The Labute approximate surface area is 169 Å². The van der Waals surface area contributed by atoms with Crippen LogP contribution < -0.4 is 21.8 Å². The Morgan fingerprint density at radius 1 is 1.30 bits per heavy atom. The number of hydrogen-bond donors (Lipinski definition) is 4. The van der Waals surface area contributed by atoms with E-state index in [1.807, 2.05) is 25.1 Å². The first-order chi connectivity index (χ1) is 14.5. The molecule has 4 aromatic rings. The van der Waals surface area contributed by atoms with Gasteiger partial charge < -0.3 is 15.4 Å². The van der Waals surface area contributed by atoms with Crippen molar-refractivity contribution in [3.63, 3.8) is 0 Å². The van der Waals surface area contributed by atoms with Gasteiger partial charge in [0.2, 0.25) is 11.8 Å². The summed E-state index contributed by atoms with van der Waals surface area (Å²) in [6.45, 7) is 2.40. The summed E-state index contributed by atoms with van der Waals surface area (Å²) in [7, 11) is 0. The van der Waals surface area contributed by atoms with Gasteiger partial charge in [-0.3, -0.25) is 9.97 Å². The fourth-order valence-electron chi connectivity index (χ4n) is 3.03. The van der Waals surface area contributed by atoms with Crippen LogP contribution in [0, 0.1) is 6.92 Å². The van der Waals surface area contributed by atoms with Crippen LogP contribution in [0.2, 0.25) is 0 Å². The molecule has 0 saturated heterocycles. The van der Waals surface area contributed by atoms with Crippen LogP contribution in [0.5, 0.6) is 5.88 Å². The molecule has 4 aromatic heterocycles. The van der Waals surface area contributed by atoms with Crippen LogP contribution >= 0.6 is 0 Å². The van der Waals surface area contributed by atoms with E-state index in [1.165, 1.54) is 0 Å². The van der Waals surface area contributed by atoms with Gasteiger partial charge in [0.05, 0.1) is 24.5 Å². The van der Waals surface area contributed by atoms with Crippen LogP contribution in [0.1, 0.15) is 29.9 Å². The van der Waals surface area contributed by atoms with E-state index in [0.29, 0.717) is 29.0 Å². The summed E-state index contributed by atoms with van der Waals surface area (Å²) < 4.78 is 1.56. The number of H-pyrrole nitrogens is 2. The number of imidazole rings is 1. The number of fused-ring (bicyclic) bond motifs is 1. The number of nitrogens with zero attached hydrogens (tertiary/aromatic N) is 6. The number of aromatic amines is 2. The van der Waals surface area contributed by atoms with Gasteiger partial charge >= 0.3 is 5.69 Å². The fraction of sp³-hybridized carbons (Fsp3) is 0.263. The maximum absolute atomic E-state index is 11.4. The molecule has 0 radical (unpaired) electrons. The molecule has 4 heterocycles. The highest BCUT2D eigenvalue weighted by Crippen LogP contribution is 2.22. The molecule has 1 saturated carbocycles. The molecule has 0 aliphatic heterocycles. The van der Waals surface area contributed by atoms with Crippen LogP contribution in [-0.2, 0) is 6.54 Å². The summed E-state index contributed by atoms with van der Waals surface area (Å²) >= 11 is 0. The summed E-state index contributed by atoms with van der Waals surface area (Å²) in [6.07, 6.45) is 5.24. The van der Waals surface area contributed by atoms with Crippen molar-refractivity contribution < 1.29 is 5.11 Å². The third-order valence-corrected chi connectivity index (χ3v) is 4.63. The van der Waals surface area contributed by atoms with Crippen LogP contribution in [0.4, 0.5) is 5.95 Å².